The maximum atomic E-state index is 14.3. The van der Waals surface area contributed by atoms with E-state index in [1.54, 1.807) is 16.7 Å². The number of carbonyl (C=O) groups excluding carboxylic acids is 3. The van der Waals surface area contributed by atoms with Crippen LogP contribution in [0, 0.1) is 11.8 Å². The summed E-state index contributed by atoms with van der Waals surface area (Å²) in [5.41, 5.74) is 1.04. The Morgan fingerprint density at radius 1 is 1.03 bits per heavy atom. The number of aliphatic hydroxyl groups is 1. The number of rotatable bonds is 8. The third kappa shape index (κ3) is 4.30. The molecule has 0 aliphatic carbocycles. The molecule has 0 aromatic heterocycles. The highest BCUT2D eigenvalue weighted by atomic mass is 32.2. The van der Waals surface area contributed by atoms with E-state index in [4.69, 9.17) is 0 Å². The van der Waals surface area contributed by atoms with Crippen LogP contribution in [-0.2, 0) is 20.9 Å². The molecule has 1 N–H and O–H groups in total. The number of nitrogens with zero attached hydrogens (tertiary/aromatic N) is 3. The van der Waals surface area contributed by atoms with E-state index in [0.29, 0.717) is 32.6 Å². The van der Waals surface area contributed by atoms with Crippen LogP contribution >= 0.6 is 11.8 Å². The molecule has 4 aliphatic rings. The Morgan fingerprint density at radius 3 is 2.47 bits per heavy atom. The number of likely N-dealkylation sites (tertiary alicyclic amines) is 1. The van der Waals surface area contributed by atoms with E-state index in [9.17, 15) is 19.5 Å². The fourth-order valence-electron chi connectivity index (χ4n) is 6.99. The molecular formula is C30H39N3O4S. The van der Waals surface area contributed by atoms with Gasteiger partial charge in [0.2, 0.25) is 17.7 Å². The first-order chi connectivity index (χ1) is 18.3. The van der Waals surface area contributed by atoms with Gasteiger partial charge in [0.1, 0.15) is 6.04 Å². The predicted octanol–water partition coefficient (Wildman–Crippen LogP) is 3.24. The normalized spacial score (nSPS) is 33.2. The zero-order valence-electron chi connectivity index (χ0n) is 22.6. The molecule has 6 atom stereocenters. The van der Waals surface area contributed by atoms with Gasteiger partial charge in [0.05, 0.1) is 16.6 Å². The predicted molar refractivity (Wildman–Crippen MR) is 149 cm³/mol. The molecule has 2 fully saturated rings. The molecule has 5 rings (SSSR count). The van der Waals surface area contributed by atoms with Gasteiger partial charge in [0.15, 0.2) is 0 Å². The van der Waals surface area contributed by atoms with E-state index in [1.807, 2.05) is 52.3 Å². The third-order valence-electron chi connectivity index (χ3n) is 8.68. The lowest BCUT2D eigenvalue weighted by Crippen LogP contribution is -2.55. The van der Waals surface area contributed by atoms with Crippen molar-refractivity contribution in [2.45, 2.75) is 68.2 Å². The summed E-state index contributed by atoms with van der Waals surface area (Å²) in [7, 11) is 0. The largest absolute Gasteiger partial charge is 0.396 e. The summed E-state index contributed by atoms with van der Waals surface area (Å²) in [4.78, 5) is 48.2. The highest BCUT2D eigenvalue weighted by molar-refractivity contribution is 8.02. The lowest BCUT2D eigenvalue weighted by atomic mass is 9.74. The fraction of sp³-hybridized carbons (Fsp3) is 0.567. The molecule has 2 saturated heterocycles. The highest BCUT2D eigenvalue weighted by Gasteiger charge is 2.73. The smallest absolute Gasteiger partial charge is 0.247 e. The second-order valence-corrected chi connectivity index (χ2v) is 13.0. The summed E-state index contributed by atoms with van der Waals surface area (Å²) in [6.07, 6.45) is 10.5. The lowest BCUT2D eigenvalue weighted by Gasteiger charge is -2.38. The Bertz CT molecular complexity index is 1140. The van der Waals surface area contributed by atoms with Crippen LogP contribution in [0.5, 0.6) is 0 Å². The minimum absolute atomic E-state index is 0.0341. The summed E-state index contributed by atoms with van der Waals surface area (Å²) in [6.45, 7) is 7.94. The topological polar surface area (TPSA) is 81.2 Å². The van der Waals surface area contributed by atoms with Gasteiger partial charge in [-0.3, -0.25) is 14.4 Å². The van der Waals surface area contributed by atoms with Crippen molar-refractivity contribution in [2.75, 3.05) is 26.2 Å². The number of fused-ring (bicyclic) bond motifs is 2. The second-order valence-electron chi connectivity index (χ2n) is 11.2. The van der Waals surface area contributed by atoms with E-state index >= 15 is 0 Å². The van der Waals surface area contributed by atoms with Crippen LogP contribution in [0.2, 0.25) is 0 Å². The van der Waals surface area contributed by atoms with Crippen LogP contribution in [0.15, 0.2) is 54.6 Å². The summed E-state index contributed by atoms with van der Waals surface area (Å²) >= 11 is 1.62. The monoisotopic (exact) mass is 537 g/mol. The van der Waals surface area contributed by atoms with Crippen molar-refractivity contribution in [3.8, 4) is 0 Å². The Hall–Kier alpha value is -2.58. The standard InChI is InChI=1S/C30H39N3O4S/c1-4-11-21(2)32-17-9-15-30-24(27(36)33(18-10-19-34)25(30)28(32)37)23-26(35)31(16-8-14-29(23,3)38-30)20-22-12-6-5-7-13-22/h5-9,12-15,21,23-25,34H,4,10-11,16-20H2,1-3H3/t21?,23-,24+,25?,29+,30+/m1/s1. The maximum Gasteiger partial charge on any atom is 0.247 e. The van der Waals surface area contributed by atoms with Crippen LogP contribution < -0.4 is 0 Å². The van der Waals surface area contributed by atoms with E-state index in [1.165, 1.54) is 0 Å². The van der Waals surface area contributed by atoms with E-state index in [2.05, 4.69) is 32.9 Å². The molecule has 4 aliphatic heterocycles. The second kappa shape index (κ2) is 10.5. The number of benzene rings is 1. The Kier molecular flexibility index (Phi) is 7.48. The van der Waals surface area contributed by atoms with Crippen molar-refractivity contribution in [2.24, 2.45) is 11.8 Å². The molecule has 38 heavy (non-hydrogen) atoms. The van der Waals surface area contributed by atoms with Gasteiger partial charge in [-0.05, 0) is 32.3 Å². The molecule has 1 spiro atoms. The van der Waals surface area contributed by atoms with Crippen molar-refractivity contribution < 1.29 is 19.5 Å². The Morgan fingerprint density at radius 2 is 1.76 bits per heavy atom. The Labute approximate surface area is 229 Å². The maximum absolute atomic E-state index is 14.3. The molecular weight excluding hydrogens is 498 g/mol. The molecule has 0 bridgehead atoms. The SMILES string of the molecule is CCCC(C)N1CC=C[C@]23S[C@@]4(C)C=CCN(Cc5ccccc5)C(=O)[C@H]4[C@H]2C(=O)N(CCCO)C3C1=O. The van der Waals surface area contributed by atoms with Crippen LogP contribution in [0.1, 0.15) is 45.6 Å². The summed E-state index contributed by atoms with van der Waals surface area (Å²) in [6, 6.07) is 9.28. The van der Waals surface area contributed by atoms with Crippen molar-refractivity contribution in [3.63, 3.8) is 0 Å². The average molecular weight is 538 g/mol. The molecule has 0 saturated carbocycles. The van der Waals surface area contributed by atoms with Crippen molar-refractivity contribution in [1.29, 1.82) is 0 Å². The molecule has 4 heterocycles. The van der Waals surface area contributed by atoms with Gasteiger partial charge in [0, 0.05) is 43.6 Å². The molecule has 3 amide bonds. The number of thioether (sulfide) groups is 1. The van der Waals surface area contributed by atoms with Gasteiger partial charge in [-0.15, -0.1) is 11.8 Å². The van der Waals surface area contributed by atoms with E-state index in [0.717, 1.165) is 18.4 Å². The van der Waals surface area contributed by atoms with Crippen LogP contribution in [0.25, 0.3) is 0 Å². The number of hydrogen-bond acceptors (Lipinski definition) is 5. The quantitative estimate of drug-likeness (QED) is 0.515. The first kappa shape index (κ1) is 27.0. The molecule has 0 radical (unpaired) electrons. The highest BCUT2D eigenvalue weighted by Crippen LogP contribution is 2.65. The molecule has 7 nitrogen and oxygen atoms in total. The van der Waals surface area contributed by atoms with Gasteiger partial charge in [-0.2, -0.15) is 0 Å². The minimum Gasteiger partial charge on any atom is -0.396 e. The first-order valence-electron chi connectivity index (χ1n) is 13.9. The molecule has 204 valence electrons. The van der Waals surface area contributed by atoms with Gasteiger partial charge >= 0.3 is 0 Å². The van der Waals surface area contributed by atoms with Gasteiger partial charge in [-0.25, -0.2) is 0 Å². The summed E-state index contributed by atoms with van der Waals surface area (Å²) in [5, 5.41) is 9.60. The lowest BCUT2D eigenvalue weighted by molar-refractivity contribution is -0.145. The van der Waals surface area contributed by atoms with Crippen molar-refractivity contribution in [1.82, 2.24) is 14.7 Å². The molecule has 8 heteroatoms. The first-order valence-corrected chi connectivity index (χ1v) is 14.7. The molecule has 1 aromatic rings. The number of aliphatic hydroxyl groups excluding tert-OH is 1. The average Bonchev–Trinajstić information content (AvgIpc) is 3.16. The fourth-order valence-corrected chi connectivity index (χ4v) is 9.14. The van der Waals surface area contributed by atoms with Crippen LogP contribution in [0.4, 0.5) is 0 Å². The Balaban J connectivity index is 1.57. The third-order valence-corrected chi connectivity index (χ3v) is 10.5. The van der Waals surface area contributed by atoms with Gasteiger partial charge in [0.25, 0.3) is 0 Å². The summed E-state index contributed by atoms with van der Waals surface area (Å²) < 4.78 is -1.45. The zero-order chi connectivity index (χ0) is 27.1. The van der Waals surface area contributed by atoms with Crippen molar-refractivity contribution in [3.05, 3.63) is 60.2 Å². The number of amides is 3. The van der Waals surface area contributed by atoms with Crippen LogP contribution in [-0.4, -0.2) is 85.3 Å². The number of hydrogen-bond donors (Lipinski definition) is 1. The summed E-state index contributed by atoms with van der Waals surface area (Å²) in [5.74, 6) is -1.45. The minimum atomic E-state index is -0.834. The number of carbonyl (C=O) groups is 3. The van der Waals surface area contributed by atoms with E-state index in [-0.39, 0.29) is 30.4 Å². The molecule has 1 aromatic carbocycles. The van der Waals surface area contributed by atoms with Crippen LogP contribution in [0.3, 0.4) is 0 Å². The molecule has 2 unspecified atom stereocenters. The van der Waals surface area contributed by atoms with E-state index < -0.39 is 27.4 Å². The zero-order valence-corrected chi connectivity index (χ0v) is 23.4. The van der Waals surface area contributed by atoms with Crippen molar-refractivity contribution >= 4 is 29.5 Å². The van der Waals surface area contributed by atoms with Gasteiger partial charge in [-0.1, -0.05) is 68.0 Å². The van der Waals surface area contributed by atoms with Gasteiger partial charge < -0.3 is 19.8 Å².